The lowest BCUT2D eigenvalue weighted by Gasteiger charge is -2.33. The molecule has 1 heterocycles. The van der Waals surface area contributed by atoms with Crippen molar-refractivity contribution in [2.45, 2.75) is 24.5 Å². The Morgan fingerprint density at radius 3 is 2.54 bits per heavy atom. The first-order chi connectivity index (χ1) is 12.5. The van der Waals surface area contributed by atoms with Gasteiger partial charge >= 0.3 is 5.97 Å². The topological polar surface area (TPSA) is 75.7 Å². The molecule has 0 spiro atoms. The summed E-state index contributed by atoms with van der Waals surface area (Å²) in [6.45, 7) is 2.97. The van der Waals surface area contributed by atoms with Gasteiger partial charge in [-0.1, -0.05) is 48.0 Å². The quantitative estimate of drug-likeness (QED) is 0.807. The number of nitrogens with one attached hydrogen (secondary N) is 1. The van der Waals surface area contributed by atoms with E-state index in [0.717, 1.165) is 11.1 Å². The molecule has 3 rings (SSSR count). The second-order valence-corrected chi connectivity index (χ2v) is 8.13. The highest BCUT2D eigenvalue weighted by Gasteiger charge is 2.38. The number of hydrogen-bond acceptors (Lipinski definition) is 5. The molecule has 0 bridgehead atoms. The van der Waals surface area contributed by atoms with Crippen LogP contribution in [0, 0.1) is 6.92 Å². The van der Waals surface area contributed by atoms with Gasteiger partial charge in [-0.25, -0.2) is 8.42 Å². The maximum atomic E-state index is 13.0. The molecule has 2 aromatic rings. The minimum absolute atomic E-state index is 0.120. The van der Waals surface area contributed by atoms with Gasteiger partial charge in [0.05, 0.1) is 4.90 Å². The summed E-state index contributed by atoms with van der Waals surface area (Å²) in [7, 11) is -3.76. The first kappa shape index (κ1) is 18.6. The Hall–Kier alpha value is -2.22. The fraction of sp³-hybridized carbons (Fsp3) is 0.316. The lowest BCUT2D eigenvalue weighted by molar-refractivity contribution is -0.150. The highest BCUT2D eigenvalue weighted by Crippen LogP contribution is 2.21. The number of esters is 1. The number of ether oxygens (including phenoxy) is 1. The van der Waals surface area contributed by atoms with Crippen LogP contribution in [0.5, 0.6) is 0 Å². The highest BCUT2D eigenvalue weighted by molar-refractivity contribution is 7.89. The third kappa shape index (κ3) is 4.12. The smallest absolute Gasteiger partial charge is 0.326 e. The second kappa shape index (κ2) is 7.99. The third-order valence-electron chi connectivity index (χ3n) is 4.32. The molecule has 6 nitrogen and oxygen atoms in total. The summed E-state index contributed by atoms with van der Waals surface area (Å²) in [5.41, 5.74) is 1.83. The maximum absolute atomic E-state index is 13.0. The van der Waals surface area contributed by atoms with Crippen LogP contribution in [0.1, 0.15) is 11.1 Å². The molecule has 7 heteroatoms. The number of hydrogen-bond donors (Lipinski definition) is 1. The number of benzene rings is 2. The van der Waals surface area contributed by atoms with E-state index in [1.165, 1.54) is 4.31 Å². The zero-order valence-corrected chi connectivity index (χ0v) is 15.4. The molecule has 1 fully saturated rings. The van der Waals surface area contributed by atoms with Gasteiger partial charge in [-0.2, -0.15) is 4.31 Å². The van der Waals surface area contributed by atoms with Gasteiger partial charge in [0.2, 0.25) is 10.0 Å². The summed E-state index contributed by atoms with van der Waals surface area (Å²) >= 11 is 0. The van der Waals surface area contributed by atoms with Crippen LogP contribution in [-0.4, -0.2) is 44.4 Å². The van der Waals surface area contributed by atoms with E-state index in [4.69, 9.17) is 4.74 Å². The first-order valence-electron chi connectivity index (χ1n) is 8.48. The predicted molar refractivity (Wildman–Crippen MR) is 98.0 cm³/mol. The van der Waals surface area contributed by atoms with Crippen LogP contribution in [0.3, 0.4) is 0 Å². The third-order valence-corrected chi connectivity index (χ3v) is 6.24. The Labute approximate surface area is 153 Å². The van der Waals surface area contributed by atoms with Crippen LogP contribution in [0.15, 0.2) is 59.5 Å². The van der Waals surface area contributed by atoms with E-state index in [1.807, 2.05) is 37.3 Å². The number of nitrogens with zero attached hydrogens (tertiary/aromatic N) is 1. The van der Waals surface area contributed by atoms with Gasteiger partial charge in [-0.05, 0) is 24.6 Å². The molecule has 1 atom stereocenters. The minimum Gasteiger partial charge on any atom is -0.460 e. The molecule has 0 aliphatic carbocycles. The van der Waals surface area contributed by atoms with Crippen LogP contribution >= 0.6 is 0 Å². The van der Waals surface area contributed by atoms with E-state index in [1.54, 1.807) is 24.3 Å². The van der Waals surface area contributed by atoms with Gasteiger partial charge in [0.15, 0.2) is 0 Å². The van der Waals surface area contributed by atoms with Crippen molar-refractivity contribution in [3.8, 4) is 0 Å². The van der Waals surface area contributed by atoms with E-state index >= 15 is 0 Å². The zero-order valence-electron chi connectivity index (χ0n) is 14.6. The molecule has 1 aliphatic heterocycles. The summed E-state index contributed by atoms with van der Waals surface area (Å²) in [6, 6.07) is 15.1. The van der Waals surface area contributed by atoms with E-state index in [0.29, 0.717) is 6.54 Å². The SMILES string of the molecule is Cc1ccc(S(=O)(=O)N2CCNCC2C(=O)OCc2ccccc2)cc1. The standard InChI is InChI=1S/C19H22N2O4S/c1-15-7-9-17(10-8-15)26(23,24)21-12-11-20-13-18(21)19(22)25-14-16-5-3-2-4-6-16/h2-10,18,20H,11-14H2,1H3. The van der Waals surface area contributed by atoms with Gasteiger partial charge in [0, 0.05) is 19.6 Å². The minimum atomic E-state index is -3.76. The van der Waals surface area contributed by atoms with Gasteiger partial charge in [0.1, 0.15) is 12.6 Å². The molecule has 0 radical (unpaired) electrons. The molecule has 0 amide bonds. The van der Waals surface area contributed by atoms with Gasteiger partial charge in [-0.15, -0.1) is 0 Å². The largest absolute Gasteiger partial charge is 0.460 e. The van der Waals surface area contributed by atoms with Crippen molar-refractivity contribution < 1.29 is 17.9 Å². The van der Waals surface area contributed by atoms with Crippen LogP contribution in [0.25, 0.3) is 0 Å². The molecule has 2 aromatic carbocycles. The van der Waals surface area contributed by atoms with Crippen molar-refractivity contribution in [3.05, 3.63) is 65.7 Å². The van der Waals surface area contributed by atoms with E-state index in [-0.39, 0.29) is 24.6 Å². The van der Waals surface area contributed by atoms with Crippen LogP contribution in [-0.2, 0) is 26.2 Å². The number of rotatable bonds is 5. The van der Waals surface area contributed by atoms with Gasteiger partial charge in [-0.3, -0.25) is 4.79 Å². The molecule has 0 aromatic heterocycles. The number of piperazine rings is 1. The maximum Gasteiger partial charge on any atom is 0.326 e. The van der Waals surface area contributed by atoms with Gasteiger partial charge in [0.25, 0.3) is 0 Å². The molecule has 138 valence electrons. The predicted octanol–water partition coefficient (Wildman–Crippen LogP) is 1.70. The molecule has 0 saturated carbocycles. The van der Waals surface area contributed by atoms with Crippen molar-refractivity contribution in [1.29, 1.82) is 0 Å². The molecule has 1 N–H and O–H groups in total. The lowest BCUT2D eigenvalue weighted by Crippen LogP contribution is -2.57. The lowest BCUT2D eigenvalue weighted by atomic mass is 10.2. The van der Waals surface area contributed by atoms with Crippen molar-refractivity contribution >= 4 is 16.0 Å². The molecule has 1 saturated heterocycles. The van der Waals surface area contributed by atoms with Crippen molar-refractivity contribution in [1.82, 2.24) is 9.62 Å². The Morgan fingerprint density at radius 1 is 1.15 bits per heavy atom. The fourth-order valence-electron chi connectivity index (χ4n) is 2.84. The summed E-state index contributed by atoms with van der Waals surface area (Å²) in [5, 5.41) is 3.07. The molecular weight excluding hydrogens is 352 g/mol. The first-order valence-corrected chi connectivity index (χ1v) is 9.92. The molecular formula is C19H22N2O4S. The second-order valence-electron chi connectivity index (χ2n) is 6.24. The van der Waals surface area contributed by atoms with Crippen molar-refractivity contribution in [3.63, 3.8) is 0 Å². The van der Waals surface area contributed by atoms with Crippen molar-refractivity contribution in [2.75, 3.05) is 19.6 Å². The van der Waals surface area contributed by atoms with E-state index in [9.17, 15) is 13.2 Å². The number of aryl methyl sites for hydroxylation is 1. The average Bonchev–Trinajstić information content (AvgIpc) is 2.67. The normalized spacial score (nSPS) is 18.4. The molecule has 26 heavy (non-hydrogen) atoms. The fourth-order valence-corrected chi connectivity index (χ4v) is 4.42. The number of carbonyl (C=O) groups is 1. The Kier molecular flexibility index (Phi) is 5.70. The summed E-state index contributed by atoms with van der Waals surface area (Å²) in [4.78, 5) is 12.7. The Balaban J connectivity index is 1.76. The zero-order chi connectivity index (χ0) is 18.6. The molecule has 1 aliphatic rings. The van der Waals surface area contributed by atoms with E-state index < -0.39 is 22.0 Å². The average molecular weight is 374 g/mol. The summed E-state index contributed by atoms with van der Waals surface area (Å²) in [5.74, 6) is -0.545. The Morgan fingerprint density at radius 2 is 1.85 bits per heavy atom. The van der Waals surface area contributed by atoms with Crippen LogP contribution < -0.4 is 5.32 Å². The van der Waals surface area contributed by atoms with Crippen LogP contribution in [0.4, 0.5) is 0 Å². The number of sulfonamides is 1. The highest BCUT2D eigenvalue weighted by atomic mass is 32.2. The monoisotopic (exact) mass is 374 g/mol. The number of carbonyl (C=O) groups excluding carboxylic acids is 1. The van der Waals surface area contributed by atoms with E-state index in [2.05, 4.69) is 5.32 Å². The van der Waals surface area contributed by atoms with Crippen LogP contribution in [0.2, 0.25) is 0 Å². The van der Waals surface area contributed by atoms with Crippen molar-refractivity contribution in [2.24, 2.45) is 0 Å². The molecule has 1 unspecified atom stereocenters. The Bertz CT molecular complexity index is 851. The summed E-state index contributed by atoms with van der Waals surface area (Å²) < 4.78 is 32.6. The van der Waals surface area contributed by atoms with Gasteiger partial charge < -0.3 is 10.1 Å². The summed E-state index contributed by atoms with van der Waals surface area (Å²) in [6.07, 6.45) is 0.